The summed E-state index contributed by atoms with van der Waals surface area (Å²) in [6.45, 7) is 0. The van der Waals surface area contributed by atoms with Gasteiger partial charge in [0.05, 0.1) is 17.3 Å². The van der Waals surface area contributed by atoms with Gasteiger partial charge in [-0.1, -0.05) is 18.2 Å². The molecule has 3 heterocycles. The van der Waals surface area contributed by atoms with E-state index in [-0.39, 0.29) is 36.6 Å². The second-order valence-corrected chi connectivity index (χ2v) is 8.47. The Kier molecular flexibility index (Phi) is 6.69. The predicted molar refractivity (Wildman–Crippen MR) is 122 cm³/mol. The van der Waals surface area contributed by atoms with E-state index in [4.69, 9.17) is 0 Å². The number of rotatable bonds is 8. The largest absolute Gasteiger partial charge is 0.346 e. The molecule has 0 radical (unpaired) electrons. The lowest BCUT2D eigenvalue weighted by atomic mass is 10.1. The minimum absolute atomic E-state index is 0.0845. The lowest BCUT2D eigenvalue weighted by molar-refractivity contribution is -0.122. The number of hydrogen-bond acceptors (Lipinski definition) is 6. The molecular formula is C22H24N6O3S. The molecule has 2 atom stereocenters. The standard InChI is InChI=1S/C22H24N6O3S/c1-32-13-11-16(20-27-26-18-8-4-5-12-28(18)20)23-19(29)10-9-17-22(31)24-15-7-3-2-6-14(15)21(30)25-17/h2-8,12,16-17H,9-11,13H2,1H3,(H,23,29)(H,24,31)(H,25,30)/t16?,17-/m0/s1. The van der Waals surface area contributed by atoms with Gasteiger partial charge in [-0.2, -0.15) is 11.8 Å². The molecule has 3 amide bonds. The van der Waals surface area contributed by atoms with Crippen LogP contribution in [0.15, 0.2) is 48.7 Å². The molecule has 0 bridgehead atoms. The number of nitrogens with one attached hydrogen (secondary N) is 3. The van der Waals surface area contributed by atoms with Gasteiger partial charge in [-0.3, -0.25) is 18.8 Å². The summed E-state index contributed by atoms with van der Waals surface area (Å²) in [5, 5.41) is 17.0. The number of thioether (sulfide) groups is 1. The Balaban J connectivity index is 1.41. The fourth-order valence-corrected chi connectivity index (χ4v) is 4.13. The van der Waals surface area contributed by atoms with E-state index in [2.05, 4.69) is 26.1 Å². The minimum atomic E-state index is -0.792. The maximum atomic E-state index is 12.8. The third-order valence-corrected chi connectivity index (χ3v) is 5.95. The number of amides is 3. The van der Waals surface area contributed by atoms with Crippen molar-refractivity contribution in [3.8, 4) is 0 Å². The molecule has 0 spiro atoms. The van der Waals surface area contributed by atoms with Crippen molar-refractivity contribution in [2.45, 2.75) is 31.3 Å². The smallest absolute Gasteiger partial charge is 0.254 e. The van der Waals surface area contributed by atoms with Crippen molar-refractivity contribution in [3.05, 3.63) is 60.0 Å². The SMILES string of the molecule is CSCCC(NC(=O)CC[C@@H]1NC(=O)c2ccccc2NC1=O)c1nnc2ccccn12. The quantitative estimate of drug-likeness (QED) is 0.482. The molecule has 2 aromatic heterocycles. The third-order valence-electron chi connectivity index (χ3n) is 5.31. The molecule has 3 N–H and O–H groups in total. The Labute approximate surface area is 189 Å². The van der Waals surface area contributed by atoms with Crippen molar-refractivity contribution in [1.29, 1.82) is 0 Å². The maximum absolute atomic E-state index is 12.8. The van der Waals surface area contributed by atoms with Gasteiger partial charge in [0, 0.05) is 12.6 Å². The van der Waals surface area contributed by atoms with Gasteiger partial charge in [-0.05, 0) is 49.1 Å². The molecule has 1 unspecified atom stereocenters. The molecule has 0 fully saturated rings. The topological polar surface area (TPSA) is 117 Å². The second-order valence-electron chi connectivity index (χ2n) is 7.49. The van der Waals surface area contributed by atoms with Crippen LogP contribution in [0.1, 0.15) is 41.5 Å². The summed E-state index contributed by atoms with van der Waals surface area (Å²) in [5.74, 6) is 0.619. The van der Waals surface area contributed by atoms with Crippen LogP contribution < -0.4 is 16.0 Å². The van der Waals surface area contributed by atoms with E-state index in [9.17, 15) is 14.4 Å². The summed E-state index contributed by atoms with van der Waals surface area (Å²) in [5.41, 5.74) is 1.59. The predicted octanol–water partition coefficient (Wildman–Crippen LogP) is 2.17. The normalized spacial score (nSPS) is 16.6. The van der Waals surface area contributed by atoms with Crippen LogP contribution in [-0.4, -0.2) is 50.4 Å². The van der Waals surface area contributed by atoms with Gasteiger partial charge in [0.1, 0.15) is 6.04 Å². The Morgan fingerprint density at radius 2 is 2.00 bits per heavy atom. The zero-order valence-electron chi connectivity index (χ0n) is 17.6. The molecule has 9 nitrogen and oxygen atoms in total. The van der Waals surface area contributed by atoms with E-state index >= 15 is 0 Å². The molecule has 1 aliphatic heterocycles. The van der Waals surface area contributed by atoms with Crippen LogP contribution in [-0.2, 0) is 9.59 Å². The molecule has 0 saturated carbocycles. The van der Waals surface area contributed by atoms with Gasteiger partial charge >= 0.3 is 0 Å². The Morgan fingerprint density at radius 3 is 2.84 bits per heavy atom. The molecule has 1 aromatic carbocycles. The lowest BCUT2D eigenvalue weighted by Crippen LogP contribution is -2.42. The molecule has 166 valence electrons. The molecule has 3 aromatic rings. The Hall–Kier alpha value is -3.40. The van der Waals surface area contributed by atoms with E-state index in [1.54, 1.807) is 36.0 Å². The average molecular weight is 453 g/mol. The number of anilines is 1. The number of pyridine rings is 1. The molecule has 1 aliphatic rings. The number of nitrogens with zero attached hydrogens (tertiary/aromatic N) is 3. The molecule has 10 heteroatoms. The summed E-state index contributed by atoms with van der Waals surface area (Å²) in [4.78, 5) is 37.8. The highest BCUT2D eigenvalue weighted by Gasteiger charge is 2.28. The highest BCUT2D eigenvalue weighted by molar-refractivity contribution is 7.98. The number of carbonyl (C=O) groups is 3. The van der Waals surface area contributed by atoms with Crippen LogP contribution in [0.4, 0.5) is 5.69 Å². The first-order valence-electron chi connectivity index (χ1n) is 10.4. The van der Waals surface area contributed by atoms with Gasteiger partial charge in [-0.25, -0.2) is 0 Å². The number of benzene rings is 1. The molecule has 32 heavy (non-hydrogen) atoms. The monoisotopic (exact) mass is 452 g/mol. The number of aromatic nitrogens is 3. The summed E-state index contributed by atoms with van der Waals surface area (Å²) in [6, 6.07) is 11.3. The van der Waals surface area contributed by atoms with E-state index in [1.807, 2.05) is 35.1 Å². The zero-order chi connectivity index (χ0) is 22.5. The number of carbonyl (C=O) groups excluding carboxylic acids is 3. The van der Waals surface area contributed by atoms with Crippen LogP contribution in [0.5, 0.6) is 0 Å². The first-order chi connectivity index (χ1) is 15.6. The van der Waals surface area contributed by atoms with Crippen LogP contribution >= 0.6 is 11.8 Å². The van der Waals surface area contributed by atoms with Crippen molar-refractivity contribution in [2.75, 3.05) is 17.3 Å². The van der Waals surface area contributed by atoms with Gasteiger partial charge < -0.3 is 16.0 Å². The Morgan fingerprint density at radius 1 is 1.19 bits per heavy atom. The first kappa shape index (κ1) is 21.8. The van der Waals surface area contributed by atoms with Crippen molar-refractivity contribution in [3.63, 3.8) is 0 Å². The fourth-order valence-electron chi connectivity index (χ4n) is 3.66. The van der Waals surface area contributed by atoms with E-state index < -0.39 is 6.04 Å². The number of hydrogen-bond donors (Lipinski definition) is 3. The van der Waals surface area contributed by atoms with Crippen LogP contribution in [0.2, 0.25) is 0 Å². The zero-order valence-corrected chi connectivity index (χ0v) is 18.4. The van der Waals surface area contributed by atoms with Crippen LogP contribution in [0.25, 0.3) is 5.65 Å². The van der Waals surface area contributed by atoms with Crippen molar-refractivity contribution in [2.24, 2.45) is 0 Å². The molecular weight excluding hydrogens is 428 g/mol. The van der Waals surface area contributed by atoms with E-state index in [0.29, 0.717) is 29.1 Å². The van der Waals surface area contributed by atoms with Crippen molar-refractivity contribution < 1.29 is 14.4 Å². The summed E-state index contributed by atoms with van der Waals surface area (Å²) in [6.07, 6.45) is 4.84. The Bertz CT molecular complexity index is 1150. The summed E-state index contributed by atoms with van der Waals surface area (Å²) >= 11 is 1.68. The lowest BCUT2D eigenvalue weighted by Gasteiger charge is -2.18. The molecule has 0 saturated heterocycles. The van der Waals surface area contributed by atoms with Crippen LogP contribution in [0.3, 0.4) is 0 Å². The summed E-state index contributed by atoms with van der Waals surface area (Å²) in [7, 11) is 0. The third kappa shape index (κ3) is 4.75. The van der Waals surface area contributed by atoms with Gasteiger partial charge in [0.2, 0.25) is 11.8 Å². The van der Waals surface area contributed by atoms with Crippen molar-refractivity contribution >= 4 is 40.8 Å². The second kappa shape index (κ2) is 9.82. The maximum Gasteiger partial charge on any atom is 0.254 e. The van der Waals surface area contributed by atoms with Crippen LogP contribution in [0, 0.1) is 0 Å². The van der Waals surface area contributed by atoms with Crippen molar-refractivity contribution in [1.82, 2.24) is 25.2 Å². The van der Waals surface area contributed by atoms with Gasteiger partial charge in [0.25, 0.3) is 5.91 Å². The highest BCUT2D eigenvalue weighted by Crippen LogP contribution is 2.21. The highest BCUT2D eigenvalue weighted by atomic mass is 32.2. The van der Waals surface area contributed by atoms with Gasteiger partial charge in [0.15, 0.2) is 11.5 Å². The first-order valence-corrected chi connectivity index (χ1v) is 11.7. The van der Waals surface area contributed by atoms with Gasteiger partial charge in [-0.15, -0.1) is 10.2 Å². The van der Waals surface area contributed by atoms with E-state index in [0.717, 1.165) is 5.75 Å². The number of fused-ring (bicyclic) bond motifs is 2. The minimum Gasteiger partial charge on any atom is -0.346 e. The molecule has 0 aliphatic carbocycles. The van der Waals surface area contributed by atoms with E-state index in [1.165, 1.54) is 0 Å². The summed E-state index contributed by atoms with van der Waals surface area (Å²) < 4.78 is 1.86. The fraction of sp³-hybridized carbons (Fsp3) is 0.318. The average Bonchev–Trinajstić information content (AvgIpc) is 3.18. The number of para-hydroxylation sites is 1. The molecule has 4 rings (SSSR count).